The van der Waals surface area contributed by atoms with Gasteiger partial charge in [0, 0.05) is 19.2 Å². The number of aromatic nitrogens is 2. The summed E-state index contributed by atoms with van der Waals surface area (Å²) in [5.41, 5.74) is 2.23. The van der Waals surface area contributed by atoms with E-state index in [0.717, 1.165) is 11.3 Å². The molecule has 1 heterocycles. The van der Waals surface area contributed by atoms with Crippen molar-refractivity contribution < 1.29 is 9.90 Å². The second kappa shape index (κ2) is 3.68. The van der Waals surface area contributed by atoms with E-state index in [4.69, 9.17) is 5.11 Å². The highest BCUT2D eigenvalue weighted by atomic mass is 16.4. The number of aliphatic carboxylic acids is 1. The Morgan fingerprint density at radius 2 is 2.40 bits per heavy atom. The molecule has 4 heteroatoms. The minimum Gasteiger partial charge on any atom is -0.481 e. The van der Waals surface area contributed by atoms with Gasteiger partial charge in [0.1, 0.15) is 0 Å². The Morgan fingerprint density at radius 1 is 1.73 bits per heavy atom. The van der Waals surface area contributed by atoms with Gasteiger partial charge in [0.05, 0.1) is 12.1 Å². The van der Waals surface area contributed by atoms with Crippen LogP contribution < -0.4 is 0 Å². The number of carboxylic acids is 1. The quantitative estimate of drug-likeness (QED) is 0.821. The van der Waals surface area contributed by atoms with E-state index in [1.54, 1.807) is 4.68 Å². The van der Waals surface area contributed by atoms with Gasteiger partial charge in [-0.2, -0.15) is 5.10 Å². The first-order chi connectivity index (χ1) is 7.08. The van der Waals surface area contributed by atoms with Crippen molar-refractivity contribution in [2.75, 3.05) is 0 Å². The largest absolute Gasteiger partial charge is 0.481 e. The maximum absolute atomic E-state index is 10.7. The first-order valence-corrected chi connectivity index (χ1v) is 5.33. The van der Waals surface area contributed by atoms with Crippen molar-refractivity contribution in [3.8, 4) is 0 Å². The summed E-state index contributed by atoms with van der Waals surface area (Å²) in [4.78, 5) is 10.7. The van der Waals surface area contributed by atoms with Crippen LogP contribution in [0.3, 0.4) is 0 Å². The second-order valence-electron chi connectivity index (χ2n) is 4.42. The number of hydrogen-bond donors (Lipinski definition) is 1. The highest BCUT2D eigenvalue weighted by Crippen LogP contribution is 2.42. The second-order valence-corrected chi connectivity index (χ2v) is 4.42. The van der Waals surface area contributed by atoms with Crippen LogP contribution in [0.15, 0.2) is 6.20 Å². The van der Waals surface area contributed by atoms with E-state index in [0.29, 0.717) is 5.92 Å². The molecule has 2 rings (SSSR count). The van der Waals surface area contributed by atoms with Gasteiger partial charge in [0.25, 0.3) is 0 Å². The molecule has 15 heavy (non-hydrogen) atoms. The molecule has 1 fully saturated rings. The van der Waals surface area contributed by atoms with Crippen LogP contribution in [0.5, 0.6) is 0 Å². The standard InChI is InChI=1S/C11H16N2O2/c1-7(5-10(14)15)9-6-13(2)12-11(9)8-3-4-8/h6-8H,3-5H2,1-2H3,(H,14,15). The maximum Gasteiger partial charge on any atom is 0.303 e. The fraction of sp³-hybridized carbons (Fsp3) is 0.636. The third kappa shape index (κ3) is 2.19. The number of carbonyl (C=O) groups is 1. The molecule has 1 aliphatic rings. The Labute approximate surface area is 88.9 Å². The third-order valence-corrected chi connectivity index (χ3v) is 2.86. The van der Waals surface area contributed by atoms with Crippen LogP contribution in [0.25, 0.3) is 0 Å². The molecule has 82 valence electrons. The topological polar surface area (TPSA) is 55.1 Å². The van der Waals surface area contributed by atoms with Gasteiger partial charge in [0.15, 0.2) is 0 Å². The zero-order chi connectivity index (χ0) is 11.0. The molecule has 0 radical (unpaired) electrons. The zero-order valence-electron chi connectivity index (χ0n) is 9.10. The van der Waals surface area contributed by atoms with Crippen LogP contribution in [-0.2, 0) is 11.8 Å². The first kappa shape index (κ1) is 10.2. The number of aryl methyl sites for hydroxylation is 1. The molecule has 4 nitrogen and oxygen atoms in total. The van der Waals surface area contributed by atoms with E-state index in [1.165, 1.54) is 12.8 Å². The maximum atomic E-state index is 10.7. The van der Waals surface area contributed by atoms with Crippen molar-refractivity contribution in [2.24, 2.45) is 7.05 Å². The summed E-state index contributed by atoms with van der Waals surface area (Å²) in [6.45, 7) is 1.96. The Morgan fingerprint density at radius 3 is 2.93 bits per heavy atom. The van der Waals surface area contributed by atoms with Gasteiger partial charge in [0.2, 0.25) is 0 Å². The van der Waals surface area contributed by atoms with Crippen LogP contribution >= 0.6 is 0 Å². The Balaban J connectivity index is 2.21. The van der Waals surface area contributed by atoms with Crippen LogP contribution in [0, 0.1) is 0 Å². The summed E-state index contributed by atoms with van der Waals surface area (Å²) >= 11 is 0. The van der Waals surface area contributed by atoms with Crippen molar-refractivity contribution in [3.63, 3.8) is 0 Å². The molecule has 0 aliphatic heterocycles. The van der Waals surface area contributed by atoms with Crippen molar-refractivity contribution in [1.82, 2.24) is 9.78 Å². The van der Waals surface area contributed by atoms with Gasteiger partial charge in [-0.1, -0.05) is 6.92 Å². The van der Waals surface area contributed by atoms with Gasteiger partial charge in [-0.05, 0) is 24.3 Å². The number of rotatable bonds is 4. The molecular weight excluding hydrogens is 192 g/mol. The average Bonchev–Trinajstić information content (AvgIpc) is 2.88. The Bertz CT molecular complexity index is 380. The van der Waals surface area contributed by atoms with Gasteiger partial charge in [-0.3, -0.25) is 9.48 Å². The van der Waals surface area contributed by atoms with Gasteiger partial charge >= 0.3 is 5.97 Å². The van der Waals surface area contributed by atoms with E-state index >= 15 is 0 Å². The molecule has 1 N–H and O–H groups in total. The Hall–Kier alpha value is -1.32. The fourth-order valence-electron chi connectivity index (χ4n) is 1.95. The fourth-order valence-corrected chi connectivity index (χ4v) is 1.95. The molecule has 1 aromatic heterocycles. The molecule has 1 unspecified atom stereocenters. The monoisotopic (exact) mass is 208 g/mol. The average molecular weight is 208 g/mol. The number of carboxylic acid groups (broad SMARTS) is 1. The van der Waals surface area contributed by atoms with Crippen molar-refractivity contribution in [2.45, 2.75) is 38.0 Å². The van der Waals surface area contributed by atoms with Crippen LogP contribution in [0.4, 0.5) is 0 Å². The molecule has 1 atom stereocenters. The van der Waals surface area contributed by atoms with E-state index in [1.807, 2.05) is 20.2 Å². The van der Waals surface area contributed by atoms with Crippen LogP contribution in [-0.4, -0.2) is 20.9 Å². The Kier molecular flexibility index (Phi) is 2.50. The number of hydrogen-bond acceptors (Lipinski definition) is 2. The van der Waals surface area contributed by atoms with E-state index in [2.05, 4.69) is 5.10 Å². The normalized spacial score (nSPS) is 17.7. The van der Waals surface area contributed by atoms with Crippen molar-refractivity contribution in [3.05, 3.63) is 17.5 Å². The molecule has 0 saturated heterocycles. The lowest BCUT2D eigenvalue weighted by molar-refractivity contribution is -0.137. The molecule has 0 bridgehead atoms. The van der Waals surface area contributed by atoms with Crippen LogP contribution in [0.2, 0.25) is 0 Å². The summed E-state index contributed by atoms with van der Waals surface area (Å²) in [6.07, 6.45) is 4.54. The molecule has 0 amide bonds. The third-order valence-electron chi connectivity index (χ3n) is 2.86. The van der Waals surface area contributed by atoms with Gasteiger partial charge in [-0.25, -0.2) is 0 Å². The lowest BCUT2D eigenvalue weighted by Gasteiger charge is -2.07. The molecular formula is C11H16N2O2. The van der Waals surface area contributed by atoms with E-state index in [-0.39, 0.29) is 12.3 Å². The molecule has 0 spiro atoms. The van der Waals surface area contributed by atoms with Crippen molar-refractivity contribution in [1.29, 1.82) is 0 Å². The minimum atomic E-state index is -0.742. The highest BCUT2D eigenvalue weighted by Gasteiger charge is 2.30. The SMILES string of the molecule is CC(CC(=O)O)c1cn(C)nc1C1CC1. The highest BCUT2D eigenvalue weighted by molar-refractivity contribution is 5.68. The summed E-state index contributed by atoms with van der Waals surface area (Å²) < 4.78 is 1.79. The summed E-state index contributed by atoms with van der Waals surface area (Å²) in [7, 11) is 1.89. The lowest BCUT2D eigenvalue weighted by atomic mass is 9.97. The minimum absolute atomic E-state index is 0.0619. The summed E-state index contributed by atoms with van der Waals surface area (Å²) in [5, 5.41) is 13.2. The van der Waals surface area contributed by atoms with Crippen molar-refractivity contribution >= 4 is 5.97 Å². The molecule has 0 aromatic carbocycles. The van der Waals surface area contributed by atoms with Gasteiger partial charge in [-0.15, -0.1) is 0 Å². The predicted molar refractivity (Wildman–Crippen MR) is 55.9 cm³/mol. The van der Waals surface area contributed by atoms with E-state index < -0.39 is 5.97 Å². The molecule has 1 aliphatic carbocycles. The predicted octanol–water partition coefficient (Wildman–Crippen LogP) is 1.88. The number of nitrogens with zero attached hydrogens (tertiary/aromatic N) is 2. The molecule has 1 aromatic rings. The van der Waals surface area contributed by atoms with E-state index in [9.17, 15) is 4.79 Å². The lowest BCUT2D eigenvalue weighted by Crippen LogP contribution is -2.04. The summed E-state index contributed by atoms with van der Waals surface area (Å²) in [6, 6.07) is 0. The first-order valence-electron chi connectivity index (χ1n) is 5.33. The van der Waals surface area contributed by atoms with Crippen LogP contribution in [0.1, 0.15) is 49.3 Å². The smallest absolute Gasteiger partial charge is 0.303 e. The summed E-state index contributed by atoms with van der Waals surface area (Å²) in [5.74, 6) is -0.0997. The molecule has 1 saturated carbocycles. The van der Waals surface area contributed by atoms with Gasteiger partial charge < -0.3 is 5.11 Å². The zero-order valence-corrected chi connectivity index (χ0v) is 9.10.